The quantitative estimate of drug-likeness (QED) is 0.699. The Kier molecular flexibility index (Phi) is 4.88. The van der Waals surface area contributed by atoms with Crippen LogP contribution in [0.4, 0.5) is 0 Å². The first-order valence-corrected chi connectivity index (χ1v) is 10.3. The van der Waals surface area contributed by atoms with E-state index in [1.165, 1.54) is 11.1 Å². The maximum Gasteiger partial charge on any atom is 0.124 e. The minimum Gasteiger partial charge on any atom is -0.380 e. The first kappa shape index (κ1) is 19.9. The van der Waals surface area contributed by atoms with Crippen LogP contribution in [0.2, 0.25) is 0 Å². The van der Waals surface area contributed by atoms with Crippen molar-refractivity contribution in [3.8, 4) is 5.69 Å². The molecule has 3 aromatic rings. The molecule has 1 N–H and O–H groups in total. The molecule has 1 aliphatic rings. The van der Waals surface area contributed by atoms with Gasteiger partial charge in [-0.15, -0.1) is 0 Å². The van der Waals surface area contributed by atoms with Crippen molar-refractivity contribution >= 4 is 0 Å². The molecule has 3 heterocycles. The number of aryl methyl sites for hydroxylation is 1. The zero-order valence-electron chi connectivity index (χ0n) is 18.1. The van der Waals surface area contributed by atoms with E-state index in [4.69, 9.17) is 0 Å². The number of hydrogen-bond donors (Lipinski definition) is 1. The molecule has 29 heavy (non-hydrogen) atoms. The first-order valence-electron chi connectivity index (χ1n) is 10.3. The van der Waals surface area contributed by atoms with Gasteiger partial charge in [-0.25, -0.2) is 0 Å². The number of aromatic nitrogens is 2. The molecule has 0 aliphatic carbocycles. The molecule has 4 rings (SSSR count). The lowest BCUT2D eigenvalue weighted by molar-refractivity contribution is -0.127. The largest absolute Gasteiger partial charge is 0.380 e. The zero-order valence-corrected chi connectivity index (χ0v) is 18.1. The predicted octanol–water partition coefficient (Wildman–Crippen LogP) is 4.49. The summed E-state index contributed by atoms with van der Waals surface area (Å²) in [6.45, 7) is 10.3. The van der Waals surface area contributed by atoms with Gasteiger partial charge in [-0.05, 0) is 48.7 Å². The van der Waals surface area contributed by atoms with Gasteiger partial charge in [0.25, 0.3) is 0 Å². The summed E-state index contributed by atoms with van der Waals surface area (Å²) in [4.78, 5) is 6.75. The van der Waals surface area contributed by atoms with E-state index in [0.717, 1.165) is 29.9 Å². The molecular weight excluding hydrogens is 358 g/mol. The maximum atomic E-state index is 12.3. The van der Waals surface area contributed by atoms with Gasteiger partial charge in [0.15, 0.2) is 0 Å². The van der Waals surface area contributed by atoms with Gasteiger partial charge in [0.05, 0.1) is 11.9 Å². The third-order valence-corrected chi connectivity index (χ3v) is 6.39. The minimum atomic E-state index is -1.11. The van der Waals surface area contributed by atoms with Gasteiger partial charge in [0, 0.05) is 42.7 Å². The van der Waals surface area contributed by atoms with Crippen molar-refractivity contribution in [1.29, 1.82) is 0 Å². The van der Waals surface area contributed by atoms with E-state index in [2.05, 4.69) is 91.8 Å². The Morgan fingerprint density at radius 3 is 2.31 bits per heavy atom. The molecule has 4 heteroatoms. The van der Waals surface area contributed by atoms with Crippen LogP contribution in [0, 0.1) is 12.3 Å². The molecule has 0 saturated carbocycles. The second kappa shape index (κ2) is 7.12. The number of hydrogen-bond acceptors (Lipinski definition) is 3. The highest BCUT2D eigenvalue weighted by Gasteiger charge is 2.55. The number of pyridine rings is 1. The van der Waals surface area contributed by atoms with Crippen molar-refractivity contribution in [2.24, 2.45) is 5.41 Å². The average molecular weight is 390 g/mol. The van der Waals surface area contributed by atoms with E-state index in [1.807, 2.05) is 18.6 Å². The number of benzene rings is 1. The lowest BCUT2D eigenvalue weighted by Gasteiger charge is -2.55. The maximum absolute atomic E-state index is 12.3. The Hall–Kier alpha value is -2.43. The molecule has 0 spiro atoms. The lowest BCUT2D eigenvalue weighted by Crippen LogP contribution is -2.63. The third-order valence-electron chi connectivity index (χ3n) is 6.39. The van der Waals surface area contributed by atoms with Gasteiger partial charge >= 0.3 is 0 Å². The van der Waals surface area contributed by atoms with Crippen LogP contribution in [0.15, 0.2) is 61.2 Å². The fourth-order valence-electron chi connectivity index (χ4n) is 4.78. The summed E-state index contributed by atoms with van der Waals surface area (Å²) in [7, 11) is 2.10. The highest BCUT2D eigenvalue weighted by atomic mass is 16.3. The Labute approximate surface area is 173 Å². The van der Waals surface area contributed by atoms with Crippen molar-refractivity contribution in [2.45, 2.75) is 39.2 Å². The van der Waals surface area contributed by atoms with Crippen LogP contribution in [0.3, 0.4) is 0 Å². The van der Waals surface area contributed by atoms with Crippen molar-refractivity contribution in [2.75, 3.05) is 20.1 Å². The Bertz CT molecular complexity index is 999. The summed E-state index contributed by atoms with van der Waals surface area (Å²) in [5.74, 6) is 0.463. The van der Waals surface area contributed by atoms with Gasteiger partial charge in [-0.3, -0.25) is 4.98 Å². The van der Waals surface area contributed by atoms with Crippen molar-refractivity contribution in [1.82, 2.24) is 14.5 Å². The fourth-order valence-corrected chi connectivity index (χ4v) is 4.78. The van der Waals surface area contributed by atoms with Crippen LogP contribution >= 0.6 is 0 Å². The lowest BCUT2D eigenvalue weighted by atomic mass is 9.62. The highest BCUT2D eigenvalue weighted by molar-refractivity contribution is 5.45. The summed E-state index contributed by atoms with van der Waals surface area (Å²) in [6.07, 6.45) is 7.78. The van der Waals surface area contributed by atoms with E-state index in [-0.39, 0.29) is 5.41 Å². The highest BCUT2D eigenvalue weighted by Crippen LogP contribution is 2.50. The first-order chi connectivity index (χ1) is 13.7. The van der Waals surface area contributed by atoms with E-state index < -0.39 is 5.60 Å². The van der Waals surface area contributed by atoms with Crippen LogP contribution < -0.4 is 0 Å². The molecule has 0 unspecified atom stereocenters. The fraction of sp³-hybridized carbons (Fsp3) is 0.400. The molecule has 152 valence electrons. The SMILES string of the molecule is Cc1ccn(-c2cncc([C@@](O)(c3ccc(C(C)C)cc3)C3(C)CN(C)C3)c2)c1. The van der Waals surface area contributed by atoms with E-state index >= 15 is 0 Å². The number of rotatable bonds is 5. The zero-order chi connectivity index (χ0) is 20.8. The van der Waals surface area contributed by atoms with Crippen LogP contribution in [0.5, 0.6) is 0 Å². The van der Waals surface area contributed by atoms with Crippen LogP contribution in [-0.4, -0.2) is 39.7 Å². The Morgan fingerprint density at radius 2 is 1.76 bits per heavy atom. The summed E-state index contributed by atoms with van der Waals surface area (Å²) in [5, 5.41) is 12.3. The molecule has 0 radical (unpaired) electrons. The Balaban J connectivity index is 1.83. The minimum absolute atomic E-state index is 0.284. The number of aliphatic hydroxyl groups is 1. The molecule has 1 fully saturated rings. The van der Waals surface area contributed by atoms with Gasteiger partial charge in [-0.2, -0.15) is 0 Å². The van der Waals surface area contributed by atoms with Crippen molar-refractivity contribution < 1.29 is 5.11 Å². The molecule has 1 atom stereocenters. The third kappa shape index (κ3) is 3.30. The smallest absolute Gasteiger partial charge is 0.124 e. The van der Waals surface area contributed by atoms with Crippen LogP contribution in [0.25, 0.3) is 5.69 Å². The molecule has 0 bridgehead atoms. The molecule has 4 nitrogen and oxygen atoms in total. The van der Waals surface area contributed by atoms with Gasteiger partial charge in [0.1, 0.15) is 5.60 Å². The van der Waals surface area contributed by atoms with Crippen molar-refractivity contribution in [3.05, 3.63) is 83.4 Å². The normalized spacial score (nSPS) is 18.4. The molecule has 1 aromatic carbocycles. The van der Waals surface area contributed by atoms with Crippen LogP contribution in [0.1, 0.15) is 48.9 Å². The average Bonchev–Trinajstić information content (AvgIpc) is 3.13. The molecular formula is C25H31N3O. The summed E-state index contributed by atoms with van der Waals surface area (Å²) in [6, 6.07) is 12.6. The standard InChI is InChI=1S/C25H31N3O/c1-18(2)20-6-8-21(9-7-20)25(29,24(4)16-27(5)17-24)22-12-23(14-26-13-22)28-11-10-19(3)15-28/h6-15,18,29H,16-17H2,1-5H3/t25-/m0/s1. The summed E-state index contributed by atoms with van der Waals surface area (Å²) < 4.78 is 2.06. The summed E-state index contributed by atoms with van der Waals surface area (Å²) in [5.41, 5.74) is 3.82. The predicted molar refractivity (Wildman–Crippen MR) is 117 cm³/mol. The number of likely N-dealkylation sites (tertiary alicyclic amines) is 1. The second-order valence-corrected chi connectivity index (χ2v) is 9.25. The van der Waals surface area contributed by atoms with E-state index in [9.17, 15) is 5.11 Å². The van der Waals surface area contributed by atoms with E-state index in [1.54, 1.807) is 0 Å². The van der Waals surface area contributed by atoms with Gasteiger partial charge < -0.3 is 14.6 Å². The van der Waals surface area contributed by atoms with E-state index in [0.29, 0.717) is 5.92 Å². The Morgan fingerprint density at radius 1 is 1.07 bits per heavy atom. The number of nitrogens with zero attached hydrogens (tertiary/aromatic N) is 3. The molecule has 0 amide bonds. The molecule has 2 aromatic heterocycles. The van der Waals surface area contributed by atoms with Crippen molar-refractivity contribution in [3.63, 3.8) is 0 Å². The van der Waals surface area contributed by atoms with Gasteiger partial charge in [-0.1, -0.05) is 45.0 Å². The van der Waals surface area contributed by atoms with Crippen LogP contribution in [-0.2, 0) is 5.60 Å². The second-order valence-electron chi connectivity index (χ2n) is 9.25. The van der Waals surface area contributed by atoms with Gasteiger partial charge in [0.2, 0.25) is 0 Å². The molecule has 1 saturated heterocycles. The summed E-state index contributed by atoms with van der Waals surface area (Å²) >= 11 is 0. The topological polar surface area (TPSA) is 41.3 Å². The molecule has 1 aliphatic heterocycles. The monoisotopic (exact) mass is 389 g/mol.